The van der Waals surface area contributed by atoms with Gasteiger partial charge >= 0.3 is 0 Å². The highest BCUT2D eigenvalue weighted by Gasteiger charge is 2.44. The number of hydrogen-bond donors (Lipinski definition) is 5. The molecule has 68 heavy (non-hydrogen) atoms. The van der Waals surface area contributed by atoms with E-state index < -0.39 is 74.1 Å². The van der Waals surface area contributed by atoms with Crippen molar-refractivity contribution in [1.29, 1.82) is 0 Å². The molecule has 3 aromatic carbocycles. The highest BCUT2D eigenvalue weighted by Crippen LogP contribution is 2.32. The van der Waals surface area contributed by atoms with E-state index in [2.05, 4.69) is 30.3 Å². The third-order valence-corrected chi connectivity index (χ3v) is 14.0. The van der Waals surface area contributed by atoms with Crippen molar-refractivity contribution >= 4 is 61.6 Å². The summed E-state index contributed by atoms with van der Waals surface area (Å²) < 4.78 is 63.1. The van der Waals surface area contributed by atoms with Crippen LogP contribution in [0.25, 0.3) is 32.6 Å². The van der Waals surface area contributed by atoms with Crippen LogP contribution in [0.15, 0.2) is 84.6 Å². The maximum atomic E-state index is 15.5. The van der Waals surface area contributed by atoms with E-state index in [0.717, 1.165) is 33.8 Å². The first-order chi connectivity index (χ1) is 32.3. The van der Waals surface area contributed by atoms with Gasteiger partial charge in [0, 0.05) is 54.8 Å². The molecule has 0 unspecified atom stereocenters. The third-order valence-electron chi connectivity index (χ3n) is 11.5. The number of carbonyl (C=O) groups is 4. The van der Waals surface area contributed by atoms with Gasteiger partial charge in [0.2, 0.25) is 33.5 Å². The predicted molar refractivity (Wildman–Crippen MR) is 255 cm³/mol. The van der Waals surface area contributed by atoms with Crippen LogP contribution in [-0.4, -0.2) is 94.0 Å². The molecule has 4 heterocycles. The number of nitrogens with one attached hydrogen (secondary N) is 4. The monoisotopic (exact) mass is 969 g/mol. The van der Waals surface area contributed by atoms with Gasteiger partial charge in [-0.2, -0.15) is 0 Å². The molecule has 0 spiro atoms. The van der Waals surface area contributed by atoms with Crippen LogP contribution in [0.1, 0.15) is 80.6 Å². The number of carbonyl (C=O) groups excluding carboxylic acids is 4. The second kappa shape index (κ2) is 20.7. The molecular weight excluding hydrogens is 917 g/mol. The Labute approximate surface area is 396 Å². The largest absolute Gasteiger partial charge is 0.494 e. The van der Waals surface area contributed by atoms with E-state index in [-0.39, 0.29) is 61.6 Å². The summed E-state index contributed by atoms with van der Waals surface area (Å²) in [6.45, 7) is 9.41. The molecule has 0 radical (unpaired) electrons. The van der Waals surface area contributed by atoms with Crippen molar-refractivity contribution in [1.82, 2.24) is 30.5 Å². The van der Waals surface area contributed by atoms with Crippen molar-refractivity contribution in [3.8, 4) is 27.3 Å². The number of amides is 3. The van der Waals surface area contributed by atoms with E-state index in [1.54, 1.807) is 60.3 Å². The van der Waals surface area contributed by atoms with Gasteiger partial charge in [-0.1, -0.05) is 64.1 Å². The summed E-state index contributed by atoms with van der Waals surface area (Å²) in [5.41, 5.74) is 3.96. The molecule has 0 bridgehead atoms. The predicted octanol–water partition coefficient (Wildman–Crippen LogP) is 7.29. The van der Waals surface area contributed by atoms with Crippen molar-refractivity contribution in [2.75, 3.05) is 23.6 Å². The second-order valence-electron chi connectivity index (χ2n) is 17.8. The number of aliphatic hydroxyl groups excluding tert-OH is 1. The van der Waals surface area contributed by atoms with Crippen LogP contribution >= 0.6 is 11.3 Å². The molecule has 0 aliphatic carbocycles. The number of rotatable bonds is 18. The van der Waals surface area contributed by atoms with Crippen LogP contribution in [0, 0.1) is 24.0 Å². The van der Waals surface area contributed by atoms with Crippen molar-refractivity contribution in [3.63, 3.8) is 0 Å². The molecule has 1 aliphatic rings. The van der Waals surface area contributed by atoms with Gasteiger partial charge in [-0.3, -0.25) is 23.9 Å². The number of fused-ring (bicyclic) bond motifs is 1. The summed E-state index contributed by atoms with van der Waals surface area (Å²) in [6, 6.07) is 16.3. The lowest BCUT2D eigenvalue weighted by Crippen LogP contribution is -2.57. The molecule has 1 saturated heterocycles. The van der Waals surface area contributed by atoms with Gasteiger partial charge in [-0.05, 0) is 72.2 Å². The number of likely N-dealkylation sites (tertiary alicyclic amines) is 1. The van der Waals surface area contributed by atoms with Crippen LogP contribution in [0.4, 0.5) is 14.5 Å². The number of nitrogens with zero attached hydrogens (tertiary/aromatic N) is 3. The molecular formula is C49H53F2N7O8S2. The minimum Gasteiger partial charge on any atom is -0.494 e. The van der Waals surface area contributed by atoms with E-state index in [1.807, 2.05) is 52.0 Å². The van der Waals surface area contributed by atoms with Gasteiger partial charge in [0.05, 0.1) is 45.8 Å². The Balaban J connectivity index is 0.923. The highest BCUT2D eigenvalue weighted by molar-refractivity contribution is 7.92. The van der Waals surface area contributed by atoms with Crippen molar-refractivity contribution in [2.24, 2.45) is 5.41 Å². The zero-order valence-electron chi connectivity index (χ0n) is 38.2. The fraction of sp³-hybridized carbons (Fsp3) is 0.347. The van der Waals surface area contributed by atoms with Gasteiger partial charge < -0.3 is 30.4 Å². The minimum atomic E-state index is -3.92. The molecule has 19 heteroatoms. The van der Waals surface area contributed by atoms with Gasteiger partial charge in [-0.15, -0.1) is 11.3 Å². The molecule has 1 fully saturated rings. The minimum absolute atomic E-state index is 0.0427. The number of ether oxygens (including phenoxy) is 1. The lowest BCUT2D eigenvalue weighted by Gasteiger charge is -2.35. The Morgan fingerprint density at radius 2 is 1.72 bits per heavy atom. The number of ketones is 1. The summed E-state index contributed by atoms with van der Waals surface area (Å²) in [5.74, 6) is -4.51. The summed E-state index contributed by atoms with van der Waals surface area (Å²) in [4.78, 5) is 68.4. The lowest BCUT2D eigenvalue weighted by atomic mass is 9.85. The first kappa shape index (κ1) is 49.3. The molecule has 3 amide bonds. The van der Waals surface area contributed by atoms with Crippen LogP contribution in [0.2, 0.25) is 0 Å². The third kappa shape index (κ3) is 11.4. The maximum Gasteiger partial charge on any atom is 0.246 e. The normalized spacial score (nSPS) is 15.6. The number of thiazole rings is 1. The standard InChI is InChI=1S/C49H53F2N7O8S2/c1-6-20-68(64,65)57-38-18-17-37(50)41(42(38)51)43(61)36-25-53-46-35(36)21-32(24-52-46)30-13-15-34(16-14-30)66-19-7-8-40(60)56-45(49(3,4)5)48(63)58-26-33(59)22-39(58)47(62)54-23-29-9-11-31(12-10-29)44-28(2)55-27-67-44/h9-18,21,24-25,27,33,39,45,57,59H,6-8,19-20,22-23,26H2,1-5H3,(H,52,53)(H,54,62)(H,56,60)/t33-,39+,45-/m1/s1. The topological polar surface area (TPSA) is 213 Å². The number of anilines is 1. The Bertz CT molecular complexity index is 2930. The molecule has 7 rings (SSSR count). The summed E-state index contributed by atoms with van der Waals surface area (Å²) in [5, 5.41) is 16.7. The Kier molecular flexibility index (Phi) is 15.1. The molecule has 15 nitrogen and oxygen atoms in total. The molecule has 5 N–H and O–H groups in total. The smallest absolute Gasteiger partial charge is 0.246 e. The summed E-state index contributed by atoms with van der Waals surface area (Å²) >= 11 is 1.56. The summed E-state index contributed by atoms with van der Waals surface area (Å²) in [6.07, 6.45) is 2.65. The maximum absolute atomic E-state index is 15.5. The molecule has 3 aromatic heterocycles. The van der Waals surface area contributed by atoms with Crippen molar-refractivity contribution in [3.05, 3.63) is 119 Å². The quantitative estimate of drug-likeness (QED) is 0.0429. The van der Waals surface area contributed by atoms with Crippen molar-refractivity contribution < 1.29 is 46.2 Å². The fourth-order valence-electron chi connectivity index (χ4n) is 7.99. The van der Waals surface area contributed by atoms with Crippen LogP contribution in [0.5, 0.6) is 5.75 Å². The SMILES string of the molecule is CCCS(=O)(=O)Nc1ccc(F)c(C(=O)c2c[nH]c3ncc(-c4ccc(OCCCC(=O)N[C@H](C(=O)N5C[C@H](O)C[C@H]5C(=O)NCc5ccc(-c6scnc6C)cc5)C(C)(C)C)cc4)cc23)c1F. The number of benzene rings is 3. The highest BCUT2D eigenvalue weighted by atomic mass is 32.2. The first-order valence-electron chi connectivity index (χ1n) is 22.1. The van der Waals surface area contributed by atoms with E-state index in [4.69, 9.17) is 4.74 Å². The molecule has 358 valence electrons. The zero-order chi connectivity index (χ0) is 48.9. The Hall–Kier alpha value is -6.57. The number of halogens is 2. The number of aromatic nitrogens is 3. The van der Waals surface area contributed by atoms with Crippen molar-refractivity contribution in [2.45, 2.75) is 85.0 Å². The number of sulfonamides is 1. The first-order valence-corrected chi connectivity index (χ1v) is 24.6. The molecule has 0 saturated carbocycles. The number of β-amino-alcohol motifs (C(OH)–C–C–N with tert-alkyl or cyclic N) is 1. The van der Waals surface area contributed by atoms with Crippen LogP contribution < -0.4 is 20.1 Å². The van der Waals surface area contributed by atoms with E-state index in [0.29, 0.717) is 28.9 Å². The number of aliphatic hydroxyl groups is 1. The Morgan fingerprint density at radius 1 is 1.00 bits per heavy atom. The van der Waals surface area contributed by atoms with Gasteiger partial charge in [0.25, 0.3) is 0 Å². The fourth-order valence-corrected chi connectivity index (χ4v) is 9.93. The second-order valence-corrected chi connectivity index (χ2v) is 20.5. The average Bonchev–Trinajstić information content (AvgIpc) is 4.04. The molecule has 3 atom stereocenters. The zero-order valence-corrected chi connectivity index (χ0v) is 39.8. The number of pyridine rings is 1. The lowest BCUT2D eigenvalue weighted by molar-refractivity contribution is -0.144. The van der Waals surface area contributed by atoms with Crippen LogP contribution in [0.3, 0.4) is 0 Å². The molecule has 1 aliphatic heterocycles. The van der Waals surface area contributed by atoms with Crippen LogP contribution in [-0.2, 0) is 31.0 Å². The number of aryl methyl sites for hydroxylation is 1. The number of H-pyrrole nitrogens is 1. The van der Waals surface area contributed by atoms with Gasteiger partial charge in [0.15, 0.2) is 5.82 Å². The van der Waals surface area contributed by atoms with Gasteiger partial charge in [0.1, 0.15) is 29.3 Å². The van der Waals surface area contributed by atoms with E-state index in [9.17, 15) is 37.1 Å². The number of hydrogen-bond acceptors (Lipinski definition) is 11. The average molecular weight is 970 g/mol. The Morgan fingerprint density at radius 3 is 2.40 bits per heavy atom. The van der Waals surface area contributed by atoms with E-state index >= 15 is 4.39 Å². The summed E-state index contributed by atoms with van der Waals surface area (Å²) in [7, 11) is -3.92. The number of aromatic amines is 1. The van der Waals surface area contributed by atoms with E-state index in [1.165, 1.54) is 11.1 Å². The molecule has 6 aromatic rings. The van der Waals surface area contributed by atoms with Gasteiger partial charge in [-0.25, -0.2) is 27.2 Å².